The fourth-order valence-corrected chi connectivity index (χ4v) is 1.96. The first-order chi connectivity index (χ1) is 11.6. The minimum atomic E-state index is -1.05. The van der Waals surface area contributed by atoms with Crippen molar-refractivity contribution in [3.8, 4) is 0 Å². The van der Waals surface area contributed by atoms with Gasteiger partial charge in [-0.05, 0) is 31.4 Å². The maximum absolute atomic E-state index is 12.0. The van der Waals surface area contributed by atoms with Crippen molar-refractivity contribution in [2.45, 2.75) is 31.9 Å². The van der Waals surface area contributed by atoms with Crippen LogP contribution in [0.4, 0.5) is 4.79 Å². The number of ether oxygens (including phenoxy) is 1. The van der Waals surface area contributed by atoms with Crippen LogP contribution in [0.15, 0.2) is 30.3 Å². The average Bonchev–Trinajstić information content (AvgIpc) is 2.59. The van der Waals surface area contributed by atoms with E-state index < -0.39 is 23.7 Å². The Bertz CT molecular complexity index is 612. The summed E-state index contributed by atoms with van der Waals surface area (Å²) in [4.78, 5) is 37.9. The molecule has 0 spiro atoms. The summed E-state index contributed by atoms with van der Waals surface area (Å²) < 4.78 is 5.03. The first-order valence-electron chi connectivity index (χ1n) is 7.51. The standard InChI is InChI=1S/C16H20N4O4/c17-9-5-4-8-13(15(22)14(21)10-19-18)20-16(23)24-11-12-6-2-1-3-7-12/h1-3,6-7,10,13H,4-5,8-9,11,17H2,(H,20,23)/t13-/m0/s1. The molecule has 0 aliphatic rings. The van der Waals surface area contributed by atoms with Gasteiger partial charge < -0.3 is 21.3 Å². The van der Waals surface area contributed by atoms with Crippen LogP contribution in [0.2, 0.25) is 0 Å². The molecule has 0 aliphatic carbocycles. The number of nitrogens with two attached hydrogens (primary N) is 1. The number of rotatable bonds is 10. The van der Waals surface area contributed by atoms with E-state index in [0.717, 1.165) is 5.56 Å². The first-order valence-corrected chi connectivity index (χ1v) is 7.51. The molecule has 1 amide bonds. The van der Waals surface area contributed by atoms with Crippen LogP contribution in [-0.4, -0.2) is 41.3 Å². The lowest BCUT2D eigenvalue weighted by Crippen LogP contribution is -2.44. The summed E-state index contributed by atoms with van der Waals surface area (Å²) in [7, 11) is 0. The van der Waals surface area contributed by atoms with Gasteiger partial charge in [0.2, 0.25) is 5.78 Å². The number of benzene rings is 1. The second kappa shape index (κ2) is 10.8. The largest absolute Gasteiger partial charge is 0.445 e. The van der Waals surface area contributed by atoms with Gasteiger partial charge in [0.15, 0.2) is 0 Å². The molecular formula is C16H20N4O4. The maximum Gasteiger partial charge on any atom is 0.408 e. The van der Waals surface area contributed by atoms with E-state index in [0.29, 0.717) is 25.6 Å². The van der Waals surface area contributed by atoms with Crippen LogP contribution in [0.1, 0.15) is 24.8 Å². The van der Waals surface area contributed by atoms with Crippen LogP contribution in [0, 0.1) is 0 Å². The number of alkyl carbamates (subject to hydrolysis) is 1. The fraction of sp³-hybridized carbons (Fsp3) is 0.375. The normalized spacial score (nSPS) is 11.0. The molecular weight excluding hydrogens is 312 g/mol. The molecule has 0 fully saturated rings. The number of ketones is 2. The highest BCUT2D eigenvalue weighted by atomic mass is 16.5. The summed E-state index contributed by atoms with van der Waals surface area (Å²) in [5.74, 6) is -1.87. The number of nitrogens with one attached hydrogen (secondary N) is 1. The van der Waals surface area contributed by atoms with Crippen molar-refractivity contribution >= 4 is 23.9 Å². The molecule has 0 radical (unpaired) electrons. The van der Waals surface area contributed by atoms with Gasteiger partial charge in [0, 0.05) is 0 Å². The van der Waals surface area contributed by atoms with Crippen molar-refractivity contribution in [3.05, 3.63) is 41.4 Å². The lowest BCUT2D eigenvalue weighted by atomic mass is 10.0. The number of Topliss-reactive ketones (excluding diaryl/α,β-unsaturated/α-hetero) is 2. The van der Waals surface area contributed by atoms with Crippen molar-refractivity contribution in [2.75, 3.05) is 6.54 Å². The van der Waals surface area contributed by atoms with Crippen molar-refractivity contribution < 1.29 is 23.9 Å². The molecule has 8 heteroatoms. The molecule has 0 bridgehead atoms. The lowest BCUT2D eigenvalue weighted by Gasteiger charge is -2.15. The Labute approximate surface area is 139 Å². The molecule has 128 valence electrons. The van der Waals surface area contributed by atoms with Crippen molar-refractivity contribution in [3.63, 3.8) is 0 Å². The number of amides is 1. The van der Waals surface area contributed by atoms with Gasteiger partial charge in [0.25, 0.3) is 0 Å². The molecule has 1 aromatic carbocycles. The SMILES string of the molecule is [N-]=[N+]=CC(=O)C(=O)[C@H](CCCCN)NC(=O)OCc1ccccc1. The van der Waals surface area contributed by atoms with Crippen molar-refractivity contribution in [1.82, 2.24) is 5.32 Å². The summed E-state index contributed by atoms with van der Waals surface area (Å²) >= 11 is 0. The summed E-state index contributed by atoms with van der Waals surface area (Å²) in [5.41, 5.74) is 14.5. The molecule has 0 heterocycles. The summed E-state index contributed by atoms with van der Waals surface area (Å²) in [6.45, 7) is 0.480. The van der Waals surface area contributed by atoms with E-state index in [1.165, 1.54) is 0 Å². The molecule has 3 N–H and O–H groups in total. The predicted molar refractivity (Wildman–Crippen MR) is 86.2 cm³/mol. The van der Waals surface area contributed by atoms with Gasteiger partial charge in [-0.25, -0.2) is 4.79 Å². The lowest BCUT2D eigenvalue weighted by molar-refractivity contribution is -0.135. The molecule has 0 saturated heterocycles. The zero-order valence-electron chi connectivity index (χ0n) is 13.2. The van der Waals surface area contributed by atoms with E-state index in [1.807, 2.05) is 18.2 Å². The fourth-order valence-electron chi connectivity index (χ4n) is 1.96. The van der Waals surface area contributed by atoms with Gasteiger partial charge >= 0.3 is 18.1 Å². The molecule has 0 aliphatic heterocycles. The molecule has 8 nitrogen and oxygen atoms in total. The summed E-state index contributed by atoms with van der Waals surface area (Å²) in [5, 5.41) is 2.37. The molecule has 0 aromatic heterocycles. The Morgan fingerprint density at radius 3 is 2.58 bits per heavy atom. The smallest absolute Gasteiger partial charge is 0.408 e. The highest BCUT2D eigenvalue weighted by molar-refractivity contribution is 6.59. The number of nitrogens with zero attached hydrogens (tertiary/aromatic N) is 2. The van der Waals surface area contributed by atoms with Crippen LogP contribution in [0.25, 0.3) is 5.53 Å². The molecule has 1 atom stereocenters. The minimum absolute atomic E-state index is 0.0441. The van der Waals surface area contributed by atoms with Crippen molar-refractivity contribution in [2.24, 2.45) is 5.73 Å². The second-order valence-corrected chi connectivity index (χ2v) is 5.02. The van der Waals surface area contributed by atoms with E-state index in [2.05, 4.69) is 10.1 Å². The summed E-state index contributed by atoms with van der Waals surface area (Å²) in [6, 6.07) is 7.98. The quantitative estimate of drug-likeness (QED) is 0.215. The van der Waals surface area contributed by atoms with Crippen LogP contribution >= 0.6 is 0 Å². The minimum Gasteiger partial charge on any atom is -0.445 e. The Morgan fingerprint density at radius 2 is 1.96 bits per heavy atom. The number of carbonyl (C=O) groups excluding carboxylic acids is 3. The zero-order valence-corrected chi connectivity index (χ0v) is 13.2. The highest BCUT2D eigenvalue weighted by Gasteiger charge is 2.28. The number of hydrogen-bond acceptors (Lipinski definition) is 5. The van der Waals surface area contributed by atoms with E-state index in [1.54, 1.807) is 12.1 Å². The van der Waals surface area contributed by atoms with Gasteiger partial charge in [-0.2, -0.15) is 4.79 Å². The Balaban J connectivity index is 2.61. The average molecular weight is 332 g/mol. The number of hydrogen-bond donors (Lipinski definition) is 2. The van der Waals surface area contributed by atoms with E-state index >= 15 is 0 Å². The third kappa shape index (κ3) is 6.95. The third-order valence-electron chi connectivity index (χ3n) is 3.19. The van der Waals surface area contributed by atoms with Crippen LogP contribution in [0.5, 0.6) is 0 Å². The second-order valence-electron chi connectivity index (χ2n) is 5.02. The topological polar surface area (TPSA) is 135 Å². The van der Waals surface area contributed by atoms with E-state index in [4.69, 9.17) is 16.0 Å². The third-order valence-corrected chi connectivity index (χ3v) is 3.19. The number of unbranched alkanes of at least 4 members (excludes halogenated alkanes) is 1. The molecule has 0 unspecified atom stereocenters. The van der Waals surface area contributed by atoms with E-state index in [9.17, 15) is 14.4 Å². The maximum atomic E-state index is 12.0. The molecule has 1 rings (SSSR count). The summed E-state index contributed by atoms with van der Waals surface area (Å²) in [6.07, 6.45) is 1.12. The highest BCUT2D eigenvalue weighted by Crippen LogP contribution is 2.05. The van der Waals surface area contributed by atoms with Crippen LogP contribution in [0.3, 0.4) is 0 Å². The Morgan fingerprint density at radius 1 is 1.25 bits per heavy atom. The molecule has 24 heavy (non-hydrogen) atoms. The Kier molecular flexibility index (Phi) is 8.67. The number of carbonyl (C=O) groups is 3. The van der Waals surface area contributed by atoms with Gasteiger partial charge in [-0.15, -0.1) is 0 Å². The monoisotopic (exact) mass is 332 g/mol. The van der Waals surface area contributed by atoms with Gasteiger partial charge in [0.1, 0.15) is 6.61 Å². The van der Waals surface area contributed by atoms with Gasteiger partial charge in [-0.3, -0.25) is 9.59 Å². The van der Waals surface area contributed by atoms with Gasteiger partial charge in [0.05, 0.1) is 6.04 Å². The molecule has 0 saturated carbocycles. The van der Waals surface area contributed by atoms with E-state index in [-0.39, 0.29) is 13.0 Å². The van der Waals surface area contributed by atoms with Gasteiger partial charge in [-0.1, -0.05) is 30.3 Å². The Hall–Kier alpha value is -2.83. The predicted octanol–water partition coefficient (Wildman–Crippen LogP) is 0.849. The zero-order chi connectivity index (χ0) is 17.8. The molecule has 1 aromatic rings. The van der Waals surface area contributed by atoms with Crippen LogP contribution < -0.4 is 11.1 Å². The van der Waals surface area contributed by atoms with Crippen LogP contribution in [-0.2, 0) is 20.9 Å². The first kappa shape index (κ1) is 19.2. The van der Waals surface area contributed by atoms with Crippen molar-refractivity contribution in [1.29, 1.82) is 0 Å².